The van der Waals surface area contributed by atoms with Crippen LogP contribution < -0.4 is 4.90 Å². The van der Waals surface area contributed by atoms with E-state index in [1.165, 1.54) is 37.6 Å². The lowest BCUT2D eigenvalue weighted by Gasteiger charge is -2.50. The molecule has 1 aromatic carbocycles. The zero-order chi connectivity index (χ0) is 19.3. The van der Waals surface area contributed by atoms with Gasteiger partial charge in [-0.15, -0.1) is 10.2 Å². The highest BCUT2D eigenvalue weighted by atomic mass is 16.3. The summed E-state index contributed by atoms with van der Waals surface area (Å²) in [5.41, 5.74) is 3.88. The molecule has 3 saturated heterocycles. The summed E-state index contributed by atoms with van der Waals surface area (Å²) >= 11 is 0. The molecule has 1 atom stereocenters. The van der Waals surface area contributed by atoms with Gasteiger partial charge in [-0.3, -0.25) is 0 Å². The van der Waals surface area contributed by atoms with Crippen molar-refractivity contribution in [3.05, 3.63) is 34.9 Å². The Labute approximate surface area is 165 Å². The van der Waals surface area contributed by atoms with E-state index in [1.807, 2.05) is 6.92 Å². The molecule has 1 unspecified atom stereocenters. The topological polar surface area (TPSA) is 76.3 Å². The van der Waals surface area contributed by atoms with Crippen molar-refractivity contribution < 1.29 is 5.11 Å². The van der Waals surface area contributed by atoms with Crippen molar-refractivity contribution >= 4 is 5.82 Å². The summed E-state index contributed by atoms with van der Waals surface area (Å²) in [7, 11) is 0. The van der Waals surface area contributed by atoms with E-state index in [1.54, 1.807) is 6.07 Å². The number of aryl methyl sites for hydroxylation is 2. The zero-order valence-corrected chi connectivity index (χ0v) is 16.2. The van der Waals surface area contributed by atoms with E-state index < -0.39 is 0 Å². The molecule has 0 spiro atoms. The number of aromatic nitrogens is 2. The van der Waals surface area contributed by atoms with Gasteiger partial charge in [-0.1, -0.05) is 0 Å². The highest BCUT2D eigenvalue weighted by molar-refractivity contribution is 5.73. The number of piperidine rings is 3. The average molecular weight is 375 g/mol. The Hall–Kier alpha value is -2.65. The van der Waals surface area contributed by atoms with Crippen molar-refractivity contribution in [3.63, 3.8) is 0 Å². The molecule has 3 fully saturated rings. The summed E-state index contributed by atoms with van der Waals surface area (Å²) in [6, 6.07) is 8.01. The van der Waals surface area contributed by atoms with Gasteiger partial charge in [-0.05, 0) is 80.9 Å². The number of nitriles is 1. The summed E-state index contributed by atoms with van der Waals surface area (Å²) in [6.45, 7) is 6.57. The third-order valence-corrected chi connectivity index (χ3v) is 6.69. The van der Waals surface area contributed by atoms with Crippen molar-refractivity contribution in [1.29, 1.82) is 5.26 Å². The Kier molecular flexibility index (Phi) is 4.21. The number of nitrogens with zero attached hydrogens (tertiary/aromatic N) is 5. The molecule has 2 bridgehead atoms. The fourth-order valence-electron chi connectivity index (χ4n) is 5.29. The maximum Gasteiger partial charge on any atom is 0.154 e. The van der Waals surface area contributed by atoms with Crippen LogP contribution in [0.4, 0.5) is 5.82 Å². The quantitative estimate of drug-likeness (QED) is 0.870. The molecule has 0 amide bonds. The van der Waals surface area contributed by atoms with Crippen LogP contribution in [-0.4, -0.2) is 52.4 Å². The molecule has 5 heterocycles. The standard InChI is InChI=1S/C22H25N5O/c1-14-9-15(12-23)10-20(28)21(14)18-11-17-3-2-6-27(22(17)25-24-18)19-13-26-7-4-16(19)5-8-26/h9-11,16,19,28H,2-8,13H2,1H3. The fraction of sp³-hybridized carbons (Fsp3) is 0.500. The summed E-state index contributed by atoms with van der Waals surface area (Å²) in [5, 5.41) is 28.7. The third-order valence-electron chi connectivity index (χ3n) is 6.69. The Balaban J connectivity index is 1.51. The van der Waals surface area contributed by atoms with Crippen LogP contribution in [0.1, 0.15) is 36.0 Å². The van der Waals surface area contributed by atoms with Gasteiger partial charge in [-0.25, -0.2) is 0 Å². The molecular formula is C22H25N5O. The van der Waals surface area contributed by atoms with Crippen LogP contribution in [0.15, 0.2) is 18.2 Å². The third kappa shape index (κ3) is 2.82. The molecule has 4 aliphatic rings. The predicted molar refractivity (Wildman–Crippen MR) is 107 cm³/mol. The maximum absolute atomic E-state index is 10.5. The molecule has 6 heteroatoms. The number of aromatic hydroxyl groups is 1. The van der Waals surface area contributed by atoms with Crippen LogP contribution in [0.25, 0.3) is 11.3 Å². The van der Waals surface area contributed by atoms with Gasteiger partial charge in [0.05, 0.1) is 17.3 Å². The average Bonchev–Trinajstić information content (AvgIpc) is 2.73. The molecule has 6 nitrogen and oxygen atoms in total. The summed E-state index contributed by atoms with van der Waals surface area (Å²) in [4.78, 5) is 5.08. The van der Waals surface area contributed by atoms with Crippen LogP contribution in [0.2, 0.25) is 0 Å². The van der Waals surface area contributed by atoms with Gasteiger partial charge >= 0.3 is 0 Å². The van der Waals surface area contributed by atoms with Gasteiger partial charge in [0.1, 0.15) is 5.75 Å². The minimum Gasteiger partial charge on any atom is -0.507 e. The van der Waals surface area contributed by atoms with E-state index >= 15 is 0 Å². The molecular weight excluding hydrogens is 350 g/mol. The minimum atomic E-state index is 0.0934. The molecule has 0 radical (unpaired) electrons. The Morgan fingerprint density at radius 2 is 1.96 bits per heavy atom. The number of rotatable bonds is 2. The van der Waals surface area contributed by atoms with Crippen molar-refractivity contribution in [2.45, 2.75) is 38.6 Å². The Morgan fingerprint density at radius 1 is 1.14 bits per heavy atom. The number of hydrogen-bond acceptors (Lipinski definition) is 6. The lowest BCUT2D eigenvalue weighted by molar-refractivity contribution is 0.0842. The van der Waals surface area contributed by atoms with E-state index in [4.69, 9.17) is 5.26 Å². The molecule has 28 heavy (non-hydrogen) atoms. The fourth-order valence-corrected chi connectivity index (χ4v) is 5.29. The number of phenolic OH excluding ortho intramolecular Hbond substituents is 1. The second-order valence-corrected chi connectivity index (χ2v) is 8.38. The van der Waals surface area contributed by atoms with E-state index in [9.17, 15) is 5.11 Å². The van der Waals surface area contributed by atoms with Crippen molar-refractivity contribution in [2.75, 3.05) is 31.1 Å². The van der Waals surface area contributed by atoms with Gasteiger partial charge in [0.25, 0.3) is 0 Å². The molecule has 144 valence electrons. The van der Waals surface area contributed by atoms with Crippen molar-refractivity contribution in [2.24, 2.45) is 5.92 Å². The van der Waals surface area contributed by atoms with Crippen molar-refractivity contribution in [3.8, 4) is 23.1 Å². The van der Waals surface area contributed by atoms with Gasteiger partial charge in [0, 0.05) is 24.7 Å². The highest BCUT2D eigenvalue weighted by Crippen LogP contribution is 2.38. The molecule has 0 saturated carbocycles. The largest absolute Gasteiger partial charge is 0.507 e. The first-order chi connectivity index (χ1) is 13.6. The predicted octanol–water partition coefficient (Wildman–Crippen LogP) is 2.88. The SMILES string of the molecule is Cc1cc(C#N)cc(O)c1-c1cc2c(nn1)N(C1CN3CCC1CC3)CCC2. The number of benzene rings is 1. The smallest absolute Gasteiger partial charge is 0.154 e. The number of phenols is 1. The molecule has 1 aromatic heterocycles. The first-order valence-corrected chi connectivity index (χ1v) is 10.2. The second-order valence-electron chi connectivity index (χ2n) is 8.38. The minimum absolute atomic E-state index is 0.0934. The first-order valence-electron chi connectivity index (χ1n) is 10.2. The van der Waals surface area contributed by atoms with E-state index in [2.05, 4.69) is 32.1 Å². The van der Waals surface area contributed by atoms with Crippen LogP contribution in [0.3, 0.4) is 0 Å². The lowest BCUT2D eigenvalue weighted by atomic mass is 9.82. The first kappa shape index (κ1) is 17.4. The van der Waals surface area contributed by atoms with E-state index in [-0.39, 0.29) is 5.75 Å². The van der Waals surface area contributed by atoms with E-state index in [0.29, 0.717) is 22.9 Å². The number of hydrogen-bond donors (Lipinski definition) is 1. The van der Waals surface area contributed by atoms with Gasteiger partial charge < -0.3 is 14.9 Å². The van der Waals surface area contributed by atoms with Crippen LogP contribution in [0, 0.1) is 24.2 Å². The molecule has 2 aromatic rings. The van der Waals surface area contributed by atoms with Gasteiger partial charge in [0.2, 0.25) is 0 Å². The monoisotopic (exact) mass is 375 g/mol. The normalized spacial score (nSPS) is 26.0. The molecule has 6 rings (SSSR count). The Morgan fingerprint density at radius 3 is 2.64 bits per heavy atom. The van der Waals surface area contributed by atoms with Crippen LogP contribution in [-0.2, 0) is 6.42 Å². The van der Waals surface area contributed by atoms with Gasteiger partial charge in [-0.2, -0.15) is 5.26 Å². The molecule has 0 aliphatic carbocycles. The van der Waals surface area contributed by atoms with Crippen molar-refractivity contribution in [1.82, 2.24) is 15.1 Å². The maximum atomic E-state index is 10.5. The zero-order valence-electron chi connectivity index (χ0n) is 16.2. The lowest BCUT2D eigenvalue weighted by Crippen LogP contribution is -2.58. The number of fused-ring (bicyclic) bond motifs is 4. The summed E-state index contributed by atoms with van der Waals surface area (Å²) in [6.07, 6.45) is 4.70. The number of anilines is 1. The van der Waals surface area contributed by atoms with Crippen LogP contribution in [0.5, 0.6) is 5.75 Å². The van der Waals surface area contributed by atoms with Gasteiger partial charge in [0.15, 0.2) is 5.82 Å². The second kappa shape index (κ2) is 6.75. The highest BCUT2D eigenvalue weighted by Gasteiger charge is 2.39. The Bertz CT molecular complexity index is 935. The molecule has 1 N–H and O–H groups in total. The van der Waals surface area contributed by atoms with E-state index in [0.717, 1.165) is 43.2 Å². The van der Waals surface area contributed by atoms with Crippen LogP contribution >= 0.6 is 0 Å². The summed E-state index contributed by atoms with van der Waals surface area (Å²) in [5.74, 6) is 1.89. The molecule has 4 aliphatic heterocycles. The summed E-state index contributed by atoms with van der Waals surface area (Å²) < 4.78 is 0.